The van der Waals surface area contributed by atoms with E-state index in [4.69, 9.17) is 5.73 Å². The number of aromatic nitrogens is 3. The van der Waals surface area contributed by atoms with Crippen LogP contribution in [-0.2, 0) is 11.5 Å². The Hall–Kier alpha value is -4.22. The number of nitrogens with two attached hydrogens (primary N) is 1. The van der Waals surface area contributed by atoms with Crippen LogP contribution in [0.15, 0.2) is 52.8 Å². The van der Waals surface area contributed by atoms with E-state index in [9.17, 15) is 50.4 Å². The Labute approximate surface area is 230 Å². The van der Waals surface area contributed by atoms with Gasteiger partial charge in [-0.1, -0.05) is 0 Å². The first-order chi connectivity index (χ1) is 18.7. The van der Waals surface area contributed by atoms with Crippen molar-refractivity contribution in [3.05, 3.63) is 69.5 Å². The van der Waals surface area contributed by atoms with Gasteiger partial charge < -0.3 is 15.6 Å². The summed E-state index contributed by atoms with van der Waals surface area (Å²) in [7, 11) is 0. The third kappa shape index (κ3) is 6.10. The largest absolute Gasteiger partial charge is 0.460 e. The van der Waals surface area contributed by atoms with E-state index < -0.39 is 62.8 Å². The van der Waals surface area contributed by atoms with Gasteiger partial charge in [0.05, 0.1) is 16.1 Å². The average molecular weight is 608 g/mol. The van der Waals surface area contributed by atoms with Crippen LogP contribution >= 0.6 is 11.8 Å². The molecule has 220 valence electrons. The Morgan fingerprint density at radius 1 is 1.00 bits per heavy atom. The zero-order valence-electron chi connectivity index (χ0n) is 21.1. The zero-order valence-corrected chi connectivity index (χ0v) is 21.9. The summed E-state index contributed by atoms with van der Waals surface area (Å²) in [5, 5.41) is 21.5. The van der Waals surface area contributed by atoms with Gasteiger partial charge in [0.25, 0.3) is 11.6 Å². The highest BCUT2D eigenvalue weighted by Gasteiger charge is 2.74. The quantitative estimate of drug-likeness (QED) is 0.189. The molecule has 10 nitrogen and oxygen atoms in total. The first kappa shape index (κ1) is 31.3. The molecule has 1 aromatic heterocycles. The molecule has 3 aromatic rings. The van der Waals surface area contributed by atoms with Crippen LogP contribution in [0.3, 0.4) is 0 Å². The van der Waals surface area contributed by atoms with Crippen LogP contribution in [0.2, 0.25) is 0 Å². The summed E-state index contributed by atoms with van der Waals surface area (Å²) in [5.74, 6) is -15.4. The van der Waals surface area contributed by atoms with Gasteiger partial charge in [-0.2, -0.15) is 30.7 Å². The predicted octanol–water partition coefficient (Wildman–Crippen LogP) is 5.73. The van der Waals surface area contributed by atoms with Crippen LogP contribution < -0.4 is 11.1 Å². The van der Waals surface area contributed by atoms with Crippen molar-refractivity contribution >= 4 is 35.0 Å². The van der Waals surface area contributed by atoms with Gasteiger partial charge in [-0.25, -0.2) is 0 Å². The molecule has 18 heteroatoms. The summed E-state index contributed by atoms with van der Waals surface area (Å²) in [5.41, 5.74) is -0.349. The summed E-state index contributed by atoms with van der Waals surface area (Å²) in [6.07, 6.45) is -5.26. The predicted molar refractivity (Wildman–Crippen MR) is 130 cm³/mol. The van der Waals surface area contributed by atoms with Gasteiger partial charge in [0.15, 0.2) is 5.16 Å². The molecule has 0 atom stereocenters. The van der Waals surface area contributed by atoms with E-state index in [0.29, 0.717) is 12.1 Å². The molecule has 2 aromatic carbocycles. The summed E-state index contributed by atoms with van der Waals surface area (Å²) in [6, 6.07) is 4.23. The lowest BCUT2D eigenvalue weighted by Crippen LogP contribution is -2.50. The van der Waals surface area contributed by atoms with E-state index in [1.54, 1.807) is 4.57 Å². The number of rotatable bonds is 8. The van der Waals surface area contributed by atoms with Crippen LogP contribution in [0.5, 0.6) is 0 Å². The maximum Gasteiger partial charge on any atom is 0.460 e. The number of nitrogens with one attached hydrogen (secondary N) is 1. The highest BCUT2D eigenvalue weighted by Crippen LogP contribution is 2.52. The topological polar surface area (TPSA) is 146 Å². The molecular weight excluding hydrogens is 589 g/mol. The number of amides is 2. The molecule has 3 N–H and O–H groups in total. The van der Waals surface area contributed by atoms with E-state index >= 15 is 0 Å². The number of hydrogen-bond acceptors (Lipinski definition) is 7. The van der Waals surface area contributed by atoms with Gasteiger partial charge in [-0.15, -0.1) is 10.2 Å². The van der Waals surface area contributed by atoms with E-state index in [1.807, 2.05) is 20.8 Å². The molecule has 0 fully saturated rings. The Kier molecular flexibility index (Phi) is 8.13. The molecule has 0 radical (unpaired) electrons. The smallest absolute Gasteiger partial charge is 0.366 e. The molecule has 0 aliphatic rings. The SMILES string of the molecule is CC(C)(C)n1cnnc1Sc1ccc([N+](=O)[O-])cc1C(=O)Nc1ccc(C(F)(F)C(F)(F)C(F)(F)F)c(C(N)=O)c1. The maximum atomic E-state index is 14.3. The lowest BCUT2D eigenvalue weighted by Gasteiger charge is -2.29. The number of carbonyl (C=O) groups excluding carboxylic acids is 2. The van der Waals surface area contributed by atoms with Gasteiger partial charge in [0.2, 0.25) is 5.91 Å². The number of alkyl halides is 7. The van der Waals surface area contributed by atoms with Crippen LogP contribution in [0.1, 0.15) is 47.1 Å². The molecule has 0 saturated heterocycles. The summed E-state index contributed by atoms with van der Waals surface area (Å²) in [4.78, 5) is 35.6. The van der Waals surface area contributed by atoms with Gasteiger partial charge in [-0.05, 0) is 56.8 Å². The second-order valence-corrected chi connectivity index (χ2v) is 10.4. The number of carbonyl (C=O) groups is 2. The van der Waals surface area contributed by atoms with Crippen LogP contribution in [0, 0.1) is 10.1 Å². The number of non-ortho nitro benzene ring substituents is 1. The molecular formula is C23H19F7N6O4S. The summed E-state index contributed by atoms with van der Waals surface area (Å²) in [6.45, 7) is 5.49. The van der Waals surface area contributed by atoms with Crippen molar-refractivity contribution in [3.8, 4) is 0 Å². The lowest BCUT2D eigenvalue weighted by atomic mass is 9.95. The molecule has 1 heterocycles. The minimum atomic E-state index is -6.67. The normalized spacial score (nSPS) is 12.7. The number of benzene rings is 2. The molecule has 2 amide bonds. The number of nitro groups is 1. The number of nitro benzene ring substituents is 1. The molecule has 0 spiro atoms. The Bertz CT molecular complexity index is 1520. The Morgan fingerprint density at radius 3 is 2.17 bits per heavy atom. The second-order valence-electron chi connectivity index (χ2n) is 9.42. The molecule has 0 aliphatic carbocycles. The lowest BCUT2D eigenvalue weighted by molar-refractivity contribution is -0.384. The van der Waals surface area contributed by atoms with Crippen LogP contribution in [-0.4, -0.2) is 43.6 Å². The van der Waals surface area contributed by atoms with Crippen molar-refractivity contribution in [1.82, 2.24) is 14.8 Å². The minimum Gasteiger partial charge on any atom is -0.366 e. The van der Waals surface area contributed by atoms with Gasteiger partial charge >= 0.3 is 18.0 Å². The molecule has 0 saturated carbocycles. The number of hydrogen-bond donors (Lipinski definition) is 2. The fourth-order valence-electron chi connectivity index (χ4n) is 3.40. The average Bonchev–Trinajstić information content (AvgIpc) is 3.32. The Morgan fingerprint density at radius 2 is 1.63 bits per heavy atom. The fourth-order valence-corrected chi connectivity index (χ4v) is 4.50. The van der Waals surface area contributed by atoms with E-state index in [2.05, 4.69) is 15.5 Å². The third-order valence-electron chi connectivity index (χ3n) is 5.49. The molecule has 0 unspecified atom stereocenters. The Balaban J connectivity index is 2.04. The van der Waals surface area contributed by atoms with Crippen molar-refractivity contribution < 1.29 is 45.2 Å². The number of nitrogens with zero attached hydrogens (tertiary/aromatic N) is 4. The summed E-state index contributed by atoms with van der Waals surface area (Å²) >= 11 is 0.895. The molecule has 3 rings (SSSR count). The number of anilines is 1. The van der Waals surface area contributed by atoms with Gasteiger partial charge in [0, 0.05) is 33.8 Å². The monoisotopic (exact) mass is 608 g/mol. The van der Waals surface area contributed by atoms with Gasteiger partial charge in [0.1, 0.15) is 6.33 Å². The molecule has 0 bridgehead atoms. The van der Waals surface area contributed by atoms with Crippen molar-refractivity contribution in [2.75, 3.05) is 5.32 Å². The number of primary amides is 1. The highest BCUT2D eigenvalue weighted by molar-refractivity contribution is 7.99. The molecule has 41 heavy (non-hydrogen) atoms. The van der Waals surface area contributed by atoms with Crippen molar-refractivity contribution in [1.29, 1.82) is 0 Å². The third-order valence-corrected chi connectivity index (χ3v) is 6.53. The first-order valence-corrected chi connectivity index (χ1v) is 11.9. The first-order valence-electron chi connectivity index (χ1n) is 11.1. The van der Waals surface area contributed by atoms with Crippen molar-refractivity contribution in [2.45, 2.75) is 54.4 Å². The van der Waals surface area contributed by atoms with Crippen molar-refractivity contribution in [3.63, 3.8) is 0 Å². The fraction of sp³-hybridized carbons (Fsp3) is 0.304. The summed E-state index contributed by atoms with van der Waals surface area (Å²) < 4.78 is 95.6. The maximum absolute atomic E-state index is 14.3. The highest BCUT2D eigenvalue weighted by atomic mass is 32.2. The molecule has 0 aliphatic heterocycles. The van der Waals surface area contributed by atoms with Crippen molar-refractivity contribution in [2.24, 2.45) is 5.73 Å². The number of halogens is 7. The zero-order chi connectivity index (χ0) is 31.1. The van der Waals surface area contributed by atoms with Gasteiger partial charge in [-0.3, -0.25) is 19.7 Å². The van der Waals surface area contributed by atoms with Crippen LogP contribution in [0.4, 0.5) is 42.1 Å². The van der Waals surface area contributed by atoms with Crippen LogP contribution in [0.25, 0.3) is 0 Å². The second kappa shape index (κ2) is 10.6. The standard InChI is InChI=1S/C23H19F7N6O4S/c1-20(2,3)35-10-32-34-19(35)41-16-7-5-12(36(39)40)9-14(16)18(38)33-11-4-6-15(13(8-11)17(31)37)21(24,25)22(26,27)23(28,29)30/h4-10H,1-3H3,(H2,31,37)(H,33,38). The van der Waals surface area contributed by atoms with E-state index in [1.165, 1.54) is 12.4 Å². The minimum absolute atomic E-state index is 0.0876. The van der Waals surface area contributed by atoms with E-state index in [0.717, 1.165) is 23.9 Å². The van der Waals surface area contributed by atoms with E-state index in [-0.39, 0.29) is 21.7 Å².